The van der Waals surface area contributed by atoms with Crippen LogP contribution in [0.2, 0.25) is 0 Å². The van der Waals surface area contributed by atoms with Crippen molar-refractivity contribution in [1.82, 2.24) is 15.5 Å². The van der Waals surface area contributed by atoms with Crippen LogP contribution in [0.4, 0.5) is 4.79 Å². The van der Waals surface area contributed by atoms with Gasteiger partial charge >= 0.3 is 6.03 Å². The van der Waals surface area contributed by atoms with Crippen LogP contribution in [0.3, 0.4) is 0 Å². The Hall–Kier alpha value is -1.14. The van der Waals surface area contributed by atoms with E-state index in [9.17, 15) is 9.59 Å². The summed E-state index contributed by atoms with van der Waals surface area (Å²) in [5, 5.41) is 6.07. The van der Waals surface area contributed by atoms with Gasteiger partial charge in [-0.25, -0.2) is 4.79 Å². The number of imide groups is 1. The van der Waals surface area contributed by atoms with Crippen molar-refractivity contribution in [2.75, 3.05) is 32.8 Å². The minimum Gasteiger partial charge on any atom is -0.381 e. The summed E-state index contributed by atoms with van der Waals surface area (Å²) >= 11 is 0. The predicted octanol–water partition coefficient (Wildman–Crippen LogP) is -0.303. The molecule has 0 bridgehead atoms. The highest BCUT2D eigenvalue weighted by Gasteiger charge is 2.51. The van der Waals surface area contributed by atoms with Crippen molar-refractivity contribution in [2.24, 2.45) is 5.92 Å². The van der Waals surface area contributed by atoms with Gasteiger partial charge in [-0.1, -0.05) is 0 Å². The second kappa shape index (κ2) is 4.51. The maximum atomic E-state index is 12.4. The number of rotatable bonds is 3. The number of hydrogen-bond donors (Lipinski definition) is 2. The summed E-state index contributed by atoms with van der Waals surface area (Å²) in [7, 11) is 0. The number of nitrogens with one attached hydrogen (secondary N) is 2. The highest BCUT2D eigenvalue weighted by Crippen LogP contribution is 2.28. The van der Waals surface area contributed by atoms with Crippen molar-refractivity contribution < 1.29 is 14.3 Å². The number of ether oxygens (including phenoxy) is 1. The molecule has 3 aliphatic heterocycles. The van der Waals surface area contributed by atoms with Gasteiger partial charge in [0, 0.05) is 32.6 Å². The molecule has 0 aliphatic carbocycles. The largest absolute Gasteiger partial charge is 0.381 e. The van der Waals surface area contributed by atoms with E-state index in [0.717, 1.165) is 19.5 Å². The van der Waals surface area contributed by atoms with E-state index in [4.69, 9.17) is 4.74 Å². The molecule has 3 rings (SSSR count). The molecule has 0 unspecified atom stereocenters. The Labute approximate surface area is 106 Å². The minimum atomic E-state index is -0.673. The Morgan fingerprint density at radius 3 is 2.61 bits per heavy atom. The molecule has 0 saturated carbocycles. The molecule has 0 aromatic rings. The van der Waals surface area contributed by atoms with Crippen LogP contribution in [0.5, 0.6) is 0 Å². The van der Waals surface area contributed by atoms with Crippen LogP contribution in [0, 0.1) is 5.92 Å². The molecule has 3 saturated heterocycles. The number of nitrogens with zero attached hydrogens (tertiary/aromatic N) is 1. The van der Waals surface area contributed by atoms with E-state index < -0.39 is 5.54 Å². The van der Waals surface area contributed by atoms with E-state index in [1.807, 2.05) is 0 Å². The Kier molecular flexibility index (Phi) is 2.99. The van der Waals surface area contributed by atoms with Crippen LogP contribution < -0.4 is 10.6 Å². The first kappa shape index (κ1) is 11.9. The van der Waals surface area contributed by atoms with Gasteiger partial charge in [0.1, 0.15) is 5.54 Å². The molecular formula is C12H19N3O3. The molecule has 0 aromatic heterocycles. The van der Waals surface area contributed by atoms with Crippen LogP contribution in [-0.2, 0) is 9.53 Å². The molecule has 3 heterocycles. The first-order chi connectivity index (χ1) is 8.71. The number of carbonyl (C=O) groups excluding carboxylic acids is 2. The standard InChI is InChI=1S/C12H19N3O3/c16-10-12(2-5-18-6-3-12)14-11(17)15(10)4-1-9-7-13-8-9/h9,13H,1-8H2,(H,14,17). The summed E-state index contributed by atoms with van der Waals surface area (Å²) in [5.41, 5.74) is -0.673. The summed E-state index contributed by atoms with van der Waals surface area (Å²) in [5.74, 6) is 0.555. The van der Waals surface area contributed by atoms with Gasteiger partial charge < -0.3 is 15.4 Å². The Morgan fingerprint density at radius 1 is 1.28 bits per heavy atom. The number of hydrogen-bond acceptors (Lipinski definition) is 4. The number of amides is 3. The molecular weight excluding hydrogens is 234 g/mol. The molecule has 0 aromatic carbocycles. The monoisotopic (exact) mass is 253 g/mol. The smallest absolute Gasteiger partial charge is 0.325 e. The summed E-state index contributed by atoms with van der Waals surface area (Å²) in [6, 6.07) is -0.228. The van der Waals surface area contributed by atoms with Crippen molar-refractivity contribution in [3.63, 3.8) is 0 Å². The average molecular weight is 253 g/mol. The maximum absolute atomic E-state index is 12.4. The van der Waals surface area contributed by atoms with E-state index >= 15 is 0 Å². The second-order valence-electron chi connectivity index (χ2n) is 5.39. The third kappa shape index (κ3) is 1.89. The van der Waals surface area contributed by atoms with Gasteiger partial charge in [-0.05, 0) is 25.4 Å². The highest BCUT2D eigenvalue weighted by atomic mass is 16.5. The van der Waals surface area contributed by atoms with E-state index in [2.05, 4.69) is 10.6 Å². The lowest BCUT2D eigenvalue weighted by Crippen LogP contribution is -2.51. The summed E-state index contributed by atoms with van der Waals surface area (Å²) < 4.78 is 5.27. The lowest BCUT2D eigenvalue weighted by molar-refractivity contribution is -0.134. The molecule has 1 spiro atoms. The van der Waals surface area contributed by atoms with Crippen LogP contribution >= 0.6 is 0 Å². The zero-order valence-corrected chi connectivity index (χ0v) is 10.4. The summed E-state index contributed by atoms with van der Waals surface area (Å²) in [6.45, 7) is 3.64. The van der Waals surface area contributed by atoms with Crippen LogP contribution in [-0.4, -0.2) is 55.2 Å². The molecule has 3 aliphatic rings. The van der Waals surface area contributed by atoms with Gasteiger partial charge in [0.15, 0.2) is 0 Å². The molecule has 3 amide bonds. The van der Waals surface area contributed by atoms with Crippen LogP contribution in [0.15, 0.2) is 0 Å². The average Bonchev–Trinajstić information content (AvgIpc) is 2.52. The molecule has 0 radical (unpaired) electrons. The zero-order valence-electron chi connectivity index (χ0n) is 10.4. The molecule has 3 fully saturated rings. The normalized spacial score (nSPS) is 27.4. The van der Waals surface area contributed by atoms with Gasteiger partial charge in [-0.15, -0.1) is 0 Å². The highest BCUT2D eigenvalue weighted by molar-refractivity contribution is 6.07. The van der Waals surface area contributed by atoms with Gasteiger partial charge in [0.05, 0.1) is 0 Å². The van der Waals surface area contributed by atoms with Crippen LogP contribution in [0.25, 0.3) is 0 Å². The third-order valence-electron chi connectivity index (χ3n) is 4.22. The van der Waals surface area contributed by atoms with Gasteiger partial charge in [0.2, 0.25) is 0 Å². The third-order valence-corrected chi connectivity index (χ3v) is 4.22. The SMILES string of the molecule is O=C1NC2(CCOCC2)C(=O)N1CCC1CNC1. The van der Waals surface area contributed by atoms with Crippen molar-refractivity contribution >= 4 is 11.9 Å². The lowest BCUT2D eigenvalue weighted by Gasteiger charge is -2.31. The Morgan fingerprint density at radius 2 is 2.00 bits per heavy atom. The van der Waals surface area contributed by atoms with E-state index in [1.54, 1.807) is 0 Å². The lowest BCUT2D eigenvalue weighted by atomic mass is 9.90. The predicted molar refractivity (Wildman–Crippen MR) is 64.0 cm³/mol. The van der Waals surface area contributed by atoms with Crippen molar-refractivity contribution in [3.8, 4) is 0 Å². The molecule has 6 heteroatoms. The van der Waals surface area contributed by atoms with Gasteiger partial charge in [0.25, 0.3) is 5.91 Å². The number of urea groups is 1. The Bertz CT molecular complexity index is 362. The molecule has 100 valence electrons. The summed E-state index contributed by atoms with van der Waals surface area (Å²) in [6.07, 6.45) is 2.09. The first-order valence-electron chi connectivity index (χ1n) is 6.64. The second-order valence-corrected chi connectivity index (χ2v) is 5.39. The zero-order chi connectivity index (χ0) is 12.6. The molecule has 6 nitrogen and oxygen atoms in total. The van der Waals surface area contributed by atoms with E-state index in [0.29, 0.717) is 38.5 Å². The minimum absolute atomic E-state index is 0.0527. The fourth-order valence-corrected chi connectivity index (χ4v) is 2.80. The van der Waals surface area contributed by atoms with E-state index in [1.165, 1.54) is 4.90 Å². The fraction of sp³-hybridized carbons (Fsp3) is 0.833. The maximum Gasteiger partial charge on any atom is 0.325 e. The van der Waals surface area contributed by atoms with Gasteiger partial charge in [-0.2, -0.15) is 0 Å². The van der Waals surface area contributed by atoms with Crippen LogP contribution in [0.1, 0.15) is 19.3 Å². The van der Waals surface area contributed by atoms with Crippen molar-refractivity contribution in [2.45, 2.75) is 24.8 Å². The molecule has 0 atom stereocenters. The quantitative estimate of drug-likeness (QED) is 0.677. The number of carbonyl (C=O) groups is 2. The fourth-order valence-electron chi connectivity index (χ4n) is 2.80. The van der Waals surface area contributed by atoms with Gasteiger partial charge in [-0.3, -0.25) is 9.69 Å². The van der Waals surface area contributed by atoms with E-state index in [-0.39, 0.29) is 11.9 Å². The molecule has 2 N–H and O–H groups in total. The van der Waals surface area contributed by atoms with Crippen molar-refractivity contribution in [1.29, 1.82) is 0 Å². The Balaban J connectivity index is 1.63. The summed E-state index contributed by atoms with van der Waals surface area (Å²) in [4.78, 5) is 25.7. The topological polar surface area (TPSA) is 70.7 Å². The van der Waals surface area contributed by atoms with Crippen molar-refractivity contribution in [3.05, 3.63) is 0 Å². The molecule has 18 heavy (non-hydrogen) atoms. The first-order valence-corrected chi connectivity index (χ1v) is 6.64.